The molecule has 3 rings (SSSR count). The van der Waals surface area contributed by atoms with E-state index in [2.05, 4.69) is 32.3 Å². The highest BCUT2D eigenvalue weighted by Crippen LogP contribution is 2.31. The topological polar surface area (TPSA) is 55.8 Å². The number of hydrogen-bond donors (Lipinski definition) is 1. The summed E-state index contributed by atoms with van der Waals surface area (Å²) in [6.07, 6.45) is 2.04. The van der Waals surface area contributed by atoms with Crippen molar-refractivity contribution in [3.05, 3.63) is 53.1 Å². The lowest BCUT2D eigenvalue weighted by Crippen LogP contribution is -2.45. The Morgan fingerprint density at radius 2 is 1.67 bits per heavy atom. The summed E-state index contributed by atoms with van der Waals surface area (Å²) in [7, 11) is 4.22. The Labute approximate surface area is 160 Å². The molecule has 2 aromatic rings. The Hall–Kier alpha value is -2.05. The first-order chi connectivity index (χ1) is 13.0. The predicted octanol–water partition coefficient (Wildman–Crippen LogP) is 2.52. The van der Waals surface area contributed by atoms with E-state index in [1.165, 1.54) is 0 Å². The Balaban J connectivity index is 1.62. The lowest BCUT2D eigenvalue weighted by molar-refractivity contribution is -0.885. The SMILES string of the molecule is C[N+](C)(CCOCCOCCO)CC1=Cc2cccc3cccc(c23)C1=O. The molecule has 1 aliphatic rings. The van der Waals surface area contributed by atoms with Crippen LogP contribution < -0.4 is 0 Å². The molecule has 1 N–H and O–H groups in total. The van der Waals surface area contributed by atoms with Crippen molar-refractivity contribution in [1.82, 2.24) is 0 Å². The van der Waals surface area contributed by atoms with E-state index < -0.39 is 0 Å². The minimum Gasteiger partial charge on any atom is -0.394 e. The number of ether oxygens (including phenoxy) is 2. The number of ketones is 1. The normalized spacial score (nSPS) is 13.9. The van der Waals surface area contributed by atoms with Crippen LogP contribution in [0.2, 0.25) is 0 Å². The molecule has 0 unspecified atom stereocenters. The molecule has 0 spiro atoms. The van der Waals surface area contributed by atoms with Crippen LogP contribution in [-0.4, -0.2) is 75.6 Å². The lowest BCUT2D eigenvalue weighted by Gasteiger charge is -2.31. The molecule has 0 aliphatic heterocycles. The van der Waals surface area contributed by atoms with Gasteiger partial charge in [0.15, 0.2) is 5.78 Å². The first kappa shape index (κ1) is 19.7. The van der Waals surface area contributed by atoms with E-state index in [0.29, 0.717) is 37.5 Å². The predicted molar refractivity (Wildman–Crippen MR) is 107 cm³/mol. The molecule has 5 heteroatoms. The Morgan fingerprint density at radius 1 is 0.963 bits per heavy atom. The van der Waals surface area contributed by atoms with Gasteiger partial charge >= 0.3 is 0 Å². The standard InChI is InChI=1S/C22H28NO4/c1-23(2,9-11-26-13-14-27-12-10-24)16-19-15-18-7-3-5-17-6-4-8-20(21(17)18)22(19)25/h3-8,15,24H,9-14,16H2,1-2H3/q+1. The third-order valence-corrected chi connectivity index (χ3v) is 4.85. The van der Waals surface area contributed by atoms with Crippen LogP contribution in [0.25, 0.3) is 16.8 Å². The van der Waals surface area contributed by atoms with Gasteiger partial charge in [0.2, 0.25) is 0 Å². The van der Waals surface area contributed by atoms with Crippen molar-refractivity contribution in [3.63, 3.8) is 0 Å². The molecule has 0 bridgehead atoms. The molecule has 0 saturated heterocycles. The smallest absolute Gasteiger partial charge is 0.195 e. The number of carbonyl (C=O) groups excluding carboxylic acids is 1. The zero-order chi connectivity index (χ0) is 19.3. The zero-order valence-electron chi connectivity index (χ0n) is 16.1. The maximum Gasteiger partial charge on any atom is 0.195 e. The molecule has 0 fully saturated rings. The number of nitrogens with zero attached hydrogens (tertiary/aromatic N) is 1. The highest BCUT2D eigenvalue weighted by atomic mass is 16.5. The van der Waals surface area contributed by atoms with Gasteiger partial charge in [-0.25, -0.2) is 0 Å². The van der Waals surface area contributed by atoms with Gasteiger partial charge in [-0.1, -0.05) is 36.4 Å². The highest BCUT2D eigenvalue weighted by molar-refractivity contribution is 6.22. The number of benzene rings is 2. The van der Waals surface area contributed by atoms with Crippen LogP contribution in [0.15, 0.2) is 42.0 Å². The van der Waals surface area contributed by atoms with Crippen LogP contribution in [0.4, 0.5) is 0 Å². The van der Waals surface area contributed by atoms with Gasteiger partial charge in [-0.15, -0.1) is 0 Å². The number of hydrogen-bond acceptors (Lipinski definition) is 4. The number of likely N-dealkylation sites (N-methyl/N-ethyl adjacent to an activating group) is 1. The van der Waals surface area contributed by atoms with Crippen LogP contribution in [-0.2, 0) is 9.47 Å². The summed E-state index contributed by atoms with van der Waals surface area (Å²) in [5, 5.41) is 10.8. The van der Waals surface area contributed by atoms with Crippen molar-refractivity contribution in [3.8, 4) is 0 Å². The molecule has 0 heterocycles. The van der Waals surface area contributed by atoms with Gasteiger partial charge in [0, 0.05) is 10.9 Å². The van der Waals surface area contributed by atoms with Crippen LogP contribution in [0.3, 0.4) is 0 Å². The largest absolute Gasteiger partial charge is 0.394 e. The van der Waals surface area contributed by atoms with Gasteiger partial charge in [0.25, 0.3) is 0 Å². The molecular weight excluding hydrogens is 342 g/mol. The van der Waals surface area contributed by atoms with Crippen molar-refractivity contribution < 1.29 is 23.9 Å². The molecule has 0 amide bonds. The number of aliphatic hydroxyl groups excluding tert-OH is 1. The number of rotatable bonds is 10. The molecule has 1 aliphatic carbocycles. The summed E-state index contributed by atoms with van der Waals surface area (Å²) >= 11 is 0. The fourth-order valence-corrected chi connectivity index (χ4v) is 3.46. The van der Waals surface area contributed by atoms with E-state index in [1.807, 2.05) is 24.3 Å². The van der Waals surface area contributed by atoms with E-state index in [1.54, 1.807) is 0 Å². The second-order valence-corrected chi connectivity index (χ2v) is 7.52. The fourth-order valence-electron chi connectivity index (χ4n) is 3.46. The van der Waals surface area contributed by atoms with E-state index in [0.717, 1.165) is 34.0 Å². The van der Waals surface area contributed by atoms with Gasteiger partial charge < -0.3 is 19.1 Å². The average molecular weight is 370 g/mol. The van der Waals surface area contributed by atoms with Gasteiger partial charge in [-0.3, -0.25) is 4.79 Å². The number of quaternary nitrogens is 1. The van der Waals surface area contributed by atoms with Gasteiger partial charge in [-0.2, -0.15) is 0 Å². The van der Waals surface area contributed by atoms with Crippen molar-refractivity contribution in [1.29, 1.82) is 0 Å². The fraction of sp³-hybridized carbons (Fsp3) is 0.409. The number of Topliss-reactive ketones (excluding diaryl/α,β-unsaturated/α-hetero) is 1. The number of aliphatic hydroxyl groups is 1. The Morgan fingerprint density at radius 3 is 2.41 bits per heavy atom. The minimum atomic E-state index is 0.0317. The van der Waals surface area contributed by atoms with Crippen LogP contribution >= 0.6 is 0 Å². The monoisotopic (exact) mass is 370 g/mol. The molecule has 0 saturated carbocycles. The second kappa shape index (κ2) is 8.76. The first-order valence-corrected chi connectivity index (χ1v) is 9.37. The van der Waals surface area contributed by atoms with E-state index in [9.17, 15) is 4.79 Å². The number of carbonyl (C=O) groups is 1. The van der Waals surface area contributed by atoms with Crippen molar-refractivity contribution in [2.75, 3.05) is 60.2 Å². The molecule has 144 valence electrons. The second-order valence-electron chi connectivity index (χ2n) is 7.52. The van der Waals surface area contributed by atoms with E-state index in [4.69, 9.17) is 14.6 Å². The quantitative estimate of drug-likeness (QED) is 0.516. The Bertz CT molecular complexity index is 836. The van der Waals surface area contributed by atoms with E-state index in [-0.39, 0.29) is 12.4 Å². The molecule has 27 heavy (non-hydrogen) atoms. The molecule has 0 atom stereocenters. The van der Waals surface area contributed by atoms with E-state index >= 15 is 0 Å². The zero-order valence-corrected chi connectivity index (χ0v) is 16.1. The first-order valence-electron chi connectivity index (χ1n) is 9.37. The average Bonchev–Trinajstić information content (AvgIpc) is 2.65. The van der Waals surface area contributed by atoms with Crippen molar-refractivity contribution in [2.45, 2.75) is 0 Å². The highest BCUT2D eigenvalue weighted by Gasteiger charge is 2.27. The summed E-state index contributed by atoms with van der Waals surface area (Å²) in [4.78, 5) is 13.0. The minimum absolute atomic E-state index is 0.0317. The third kappa shape index (κ3) is 4.82. The maximum absolute atomic E-state index is 13.0. The molecular formula is C22H28NO4+. The molecule has 0 radical (unpaired) electrons. The van der Waals surface area contributed by atoms with Crippen molar-refractivity contribution >= 4 is 22.6 Å². The van der Waals surface area contributed by atoms with Gasteiger partial charge in [0.1, 0.15) is 13.1 Å². The molecule has 0 aromatic heterocycles. The molecule has 2 aromatic carbocycles. The summed E-state index contributed by atoms with van der Waals surface area (Å²) in [5.41, 5.74) is 2.77. The maximum atomic E-state index is 13.0. The van der Waals surface area contributed by atoms with Crippen LogP contribution in [0.5, 0.6) is 0 Å². The van der Waals surface area contributed by atoms with Crippen LogP contribution in [0, 0.1) is 0 Å². The summed E-state index contributed by atoms with van der Waals surface area (Å²) in [6.45, 7) is 3.43. The molecule has 5 nitrogen and oxygen atoms in total. The van der Waals surface area contributed by atoms with Crippen molar-refractivity contribution in [2.24, 2.45) is 0 Å². The summed E-state index contributed by atoms with van der Waals surface area (Å²) in [6, 6.07) is 12.1. The van der Waals surface area contributed by atoms with Gasteiger partial charge in [0.05, 0.1) is 52.7 Å². The van der Waals surface area contributed by atoms with Crippen LogP contribution in [0.1, 0.15) is 15.9 Å². The lowest BCUT2D eigenvalue weighted by atomic mass is 9.87. The summed E-state index contributed by atoms with van der Waals surface area (Å²) < 4.78 is 11.5. The van der Waals surface area contributed by atoms with Gasteiger partial charge in [-0.05, 0) is 17.0 Å². The third-order valence-electron chi connectivity index (χ3n) is 4.85. The Kier molecular flexibility index (Phi) is 6.39. The summed E-state index contributed by atoms with van der Waals surface area (Å²) in [5.74, 6) is 0.129.